The second-order valence-electron chi connectivity index (χ2n) is 3.05. The standard InChI is InChI=1S/C10H12N2O4/c1-2-16-10(13)9(11)7-5-3-4-6-8(7)12(14)15/h3-6,9H,2,11H2,1H3/t9-/m0/s1. The topological polar surface area (TPSA) is 95.5 Å². The molecule has 16 heavy (non-hydrogen) atoms. The van der Waals surface area contributed by atoms with Crippen LogP contribution in [0.25, 0.3) is 0 Å². The van der Waals surface area contributed by atoms with Gasteiger partial charge in [-0.05, 0) is 13.0 Å². The Bertz CT molecular complexity index is 406. The summed E-state index contributed by atoms with van der Waals surface area (Å²) < 4.78 is 4.71. The lowest BCUT2D eigenvalue weighted by atomic mass is 10.1. The summed E-state index contributed by atoms with van der Waals surface area (Å²) in [6.45, 7) is 1.83. The minimum absolute atomic E-state index is 0.158. The Hall–Kier alpha value is -1.95. The van der Waals surface area contributed by atoms with Crippen LogP contribution in [-0.2, 0) is 9.53 Å². The molecular weight excluding hydrogens is 212 g/mol. The molecular formula is C10H12N2O4. The molecule has 0 aliphatic carbocycles. The highest BCUT2D eigenvalue weighted by atomic mass is 16.6. The van der Waals surface area contributed by atoms with Crippen molar-refractivity contribution < 1.29 is 14.5 Å². The quantitative estimate of drug-likeness (QED) is 0.470. The minimum atomic E-state index is -1.12. The third-order valence-corrected chi connectivity index (χ3v) is 2.01. The zero-order valence-electron chi connectivity index (χ0n) is 8.75. The van der Waals surface area contributed by atoms with Gasteiger partial charge in [-0.2, -0.15) is 0 Å². The Morgan fingerprint density at radius 1 is 1.56 bits per heavy atom. The summed E-state index contributed by atoms with van der Waals surface area (Å²) >= 11 is 0. The zero-order valence-corrected chi connectivity index (χ0v) is 8.75. The number of benzene rings is 1. The molecule has 0 spiro atoms. The third kappa shape index (κ3) is 2.54. The Kier molecular flexibility index (Phi) is 3.96. The van der Waals surface area contributed by atoms with E-state index in [0.717, 1.165) is 0 Å². The first-order chi connectivity index (χ1) is 7.57. The summed E-state index contributed by atoms with van der Waals surface area (Å²) in [5.74, 6) is -0.670. The van der Waals surface area contributed by atoms with Crippen LogP contribution in [0.1, 0.15) is 18.5 Å². The van der Waals surface area contributed by atoms with Crippen molar-refractivity contribution in [3.63, 3.8) is 0 Å². The Labute approximate surface area is 92.2 Å². The van der Waals surface area contributed by atoms with E-state index in [1.54, 1.807) is 13.0 Å². The number of carbonyl (C=O) groups excluding carboxylic acids is 1. The van der Waals surface area contributed by atoms with E-state index in [2.05, 4.69) is 0 Å². The summed E-state index contributed by atoms with van der Waals surface area (Å²) in [6, 6.07) is 4.72. The van der Waals surface area contributed by atoms with Gasteiger partial charge < -0.3 is 10.5 Å². The van der Waals surface area contributed by atoms with Crippen molar-refractivity contribution in [3.8, 4) is 0 Å². The molecule has 6 nitrogen and oxygen atoms in total. The third-order valence-electron chi connectivity index (χ3n) is 2.01. The highest BCUT2D eigenvalue weighted by Gasteiger charge is 2.24. The van der Waals surface area contributed by atoms with E-state index in [9.17, 15) is 14.9 Å². The van der Waals surface area contributed by atoms with E-state index < -0.39 is 16.9 Å². The smallest absolute Gasteiger partial charge is 0.327 e. The van der Waals surface area contributed by atoms with Crippen molar-refractivity contribution >= 4 is 11.7 Å². The summed E-state index contributed by atoms with van der Waals surface area (Å²) in [7, 11) is 0. The number of hydrogen-bond donors (Lipinski definition) is 1. The number of nitrogens with two attached hydrogens (primary N) is 1. The van der Waals surface area contributed by atoms with Crippen LogP contribution < -0.4 is 5.73 Å². The second kappa shape index (κ2) is 5.22. The molecule has 0 saturated carbocycles. The summed E-state index contributed by atoms with van der Waals surface area (Å²) in [5, 5.41) is 10.7. The van der Waals surface area contributed by atoms with Crippen molar-refractivity contribution in [2.24, 2.45) is 5.73 Å². The van der Waals surface area contributed by atoms with Gasteiger partial charge in [0.15, 0.2) is 0 Å². The van der Waals surface area contributed by atoms with Gasteiger partial charge in [0, 0.05) is 6.07 Å². The molecule has 1 aromatic carbocycles. The monoisotopic (exact) mass is 224 g/mol. The van der Waals surface area contributed by atoms with Crippen LogP contribution in [0.5, 0.6) is 0 Å². The van der Waals surface area contributed by atoms with Gasteiger partial charge in [-0.3, -0.25) is 10.1 Å². The fourth-order valence-electron chi connectivity index (χ4n) is 1.28. The van der Waals surface area contributed by atoms with E-state index in [4.69, 9.17) is 10.5 Å². The lowest BCUT2D eigenvalue weighted by molar-refractivity contribution is -0.385. The number of esters is 1. The summed E-state index contributed by atoms with van der Waals surface area (Å²) in [5.41, 5.74) is 5.56. The van der Waals surface area contributed by atoms with E-state index in [1.165, 1.54) is 18.2 Å². The van der Waals surface area contributed by atoms with Crippen LogP contribution in [0.3, 0.4) is 0 Å². The molecule has 0 heterocycles. The van der Waals surface area contributed by atoms with Crippen molar-refractivity contribution in [2.45, 2.75) is 13.0 Å². The van der Waals surface area contributed by atoms with Crippen LogP contribution in [0, 0.1) is 10.1 Å². The number of hydrogen-bond acceptors (Lipinski definition) is 5. The molecule has 1 aromatic rings. The zero-order chi connectivity index (χ0) is 12.1. The molecule has 0 bridgehead atoms. The number of nitro groups is 1. The molecule has 0 aliphatic heterocycles. The minimum Gasteiger partial charge on any atom is -0.465 e. The fraction of sp³-hybridized carbons (Fsp3) is 0.300. The first kappa shape index (κ1) is 12.1. The molecule has 0 aromatic heterocycles. The lowest BCUT2D eigenvalue weighted by Gasteiger charge is -2.10. The molecule has 0 aliphatic rings. The SMILES string of the molecule is CCOC(=O)[C@@H](N)c1ccccc1[N+](=O)[O-]. The van der Waals surface area contributed by atoms with Crippen molar-refractivity contribution in [1.82, 2.24) is 0 Å². The highest BCUT2D eigenvalue weighted by Crippen LogP contribution is 2.23. The molecule has 0 unspecified atom stereocenters. The van der Waals surface area contributed by atoms with Crippen LogP contribution >= 0.6 is 0 Å². The summed E-state index contributed by atoms with van der Waals surface area (Å²) in [4.78, 5) is 21.5. The number of rotatable bonds is 4. The van der Waals surface area contributed by atoms with E-state index in [1.807, 2.05) is 0 Å². The van der Waals surface area contributed by atoms with Gasteiger partial charge in [-0.15, -0.1) is 0 Å². The van der Waals surface area contributed by atoms with Gasteiger partial charge in [0.2, 0.25) is 0 Å². The van der Waals surface area contributed by atoms with Gasteiger partial charge >= 0.3 is 5.97 Å². The maximum absolute atomic E-state index is 11.3. The molecule has 1 rings (SSSR count). The van der Waals surface area contributed by atoms with Gasteiger partial charge in [-0.25, -0.2) is 4.79 Å². The van der Waals surface area contributed by atoms with E-state index in [0.29, 0.717) is 0 Å². The first-order valence-corrected chi connectivity index (χ1v) is 4.73. The number of nitrogens with zero attached hydrogens (tertiary/aromatic N) is 1. The van der Waals surface area contributed by atoms with Gasteiger partial charge in [0.1, 0.15) is 6.04 Å². The largest absolute Gasteiger partial charge is 0.465 e. The maximum Gasteiger partial charge on any atom is 0.327 e. The second-order valence-corrected chi connectivity index (χ2v) is 3.05. The lowest BCUT2D eigenvalue weighted by Crippen LogP contribution is -2.24. The number of ether oxygens (including phenoxy) is 1. The van der Waals surface area contributed by atoms with Gasteiger partial charge in [0.05, 0.1) is 17.1 Å². The number of para-hydroxylation sites is 1. The number of carbonyl (C=O) groups is 1. The fourth-order valence-corrected chi connectivity index (χ4v) is 1.28. The average molecular weight is 224 g/mol. The molecule has 2 N–H and O–H groups in total. The normalized spacial score (nSPS) is 11.9. The van der Waals surface area contributed by atoms with Gasteiger partial charge in [0.25, 0.3) is 5.69 Å². The Morgan fingerprint density at radius 3 is 2.75 bits per heavy atom. The molecule has 0 saturated heterocycles. The highest BCUT2D eigenvalue weighted by molar-refractivity contribution is 5.78. The Balaban J connectivity index is 3.03. The van der Waals surface area contributed by atoms with Gasteiger partial charge in [-0.1, -0.05) is 12.1 Å². The predicted molar refractivity (Wildman–Crippen MR) is 56.7 cm³/mol. The van der Waals surface area contributed by atoms with E-state index in [-0.39, 0.29) is 17.9 Å². The molecule has 1 atom stereocenters. The summed E-state index contributed by atoms with van der Waals surface area (Å²) in [6.07, 6.45) is 0. The number of nitro benzene ring substituents is 1. The molecule has 0 fully saturated rings. The Morgan fingerprint density at radius 2 is 2.19 bits per heavy atom. The van der Waals surface area contributed by atoms with E-state index >= 15 is 0 Å². The van der Waals surface area contributed by atoms with Crippen LogP contribution in [0.4, 0.5) is 5.69 Å². The van der Waals surface area contributed by atoms with Crippen molar-refractivity contribution in [1.29, 1.82) is 0 Å². The predicted octanol–water partition coefficient (Wildman–Crippen LogP) is 1.16. The van der Waals surface area contributed by atoms with Crippen LogP contribution in [-0.4, -0.2) is 17.5 Å². The van der Waals surface area contributed by atoms with Crippen LogP contribution in [0.15, 0.2) is 24.3 Å². The first-order valence-electron chi connectivity index (χ1n) is 4.73. The molecule has 86 valence electrons. The molecule has 0 radical (unpaired) electrons. The van der Waals surface area contributed by atoms with Crippen LogP contribution in [0.2, 0.25) is 0 Å². The van der Waals surface area contributed by atoms with Crippen molar-refractivity contribution in [2.75, 3.05) is 6.61 Å². The van der Waals surface area contributed by atoms with Crippen molar-refractivity contribution in [3.05, 3.63) is 39.9 Å². The average Bonchev–Trinajstić information content (AvgIpc) is 2.28. The molecule has 6 heteroatoms. The molecule has 0 amide bonds. The maximum atomic E-state index is 11.3.